The lowest BCUT2D eigenvalue weighted by Gasteiger charge is -2.05. The first kappa shape index (κ1) is 8.97. The molecule has 78 valence electrons. The van der Waals surface area contributed by atoms with Gasteiger partial charge in [-0.25, -0.2) is 4.98 Å². The Morgan fingerprint density at radius 1 is 0.625 bits per heavy atom. The molecule has 3 heterocycles. The summed E-state index contributed by atoms with van der Waals surface area (Å²) in [6.45, 7) is 0. The van der Waals surface area contributed by atoms with Crippen LogP contribution in [0.1, 0.15) is 0 Å². The van der Waals surface area contributed by atoms with Gasteiger partial charge < -0.3 is 9.13 Å². The Morgan fingerprint density at radius 2 is 1.06 bits per heavy atom. The molecule has 3 heteroatoms. The van der Waals surface area contributed by atoms with Gasteiger partial charge in [0.05, 0.1) is 0 Å². The molecule has 0 unspecified atom stereocenters. The first-order chi connectivity index (χ1) is 7.93. The van der Waals surface area contributed by atoms with E-state index in [0.717, 1.165) is 11.6 Å². The Hall–Kier alpha value is -2.29. The van der Waals surface area contributed by atoms with Crippen LogP contribution in [0.15, 0.2) is 67.3 Å². The smallest absolute Gasteiger partial charge is 0.139 e. The maximum absolute atomic E-state index is 4.58. The van der Waals surface area contributed by atoms with E-state index in [1.54, 1.807) is 0 Å². The third-order valence-electron chi connectivity index (χ3n) is 2.46. The summed E-state index contributed by atoms with van der Waals surface area (Å²) in [5, 5.41) is 0. The minimum atomic E-state index is 0.927. The number of hydrogen-bond donors (Lipinski definition) is 0. The molecular weight excluding hydrogens is 198 g/mol. The van der Waals surface area contributed by atoms with E-state index in [-0.39, 0.29) is 0 Å². The predicted octanol–water partition coefficient (Wildman–Crippen LogP) is 2.66. The van der Waals surface area contributed by atoms with Gasteiger partial charge in [0.15, 0.2) is 0 Å². The lowest BCUT2D eigenvalue weighted by atomic mass is 10.4. The SMILES string of the molecule is c1cc(-n2cccc2)nc(-n2cccc2)c1. The van der Waals surface area contributed by atoms with Crippen LogP contribution in [0.3, 0.4) is 0 Å². The molecule has 0 amide bonds. The van der Waals surface area contributed by atoms with Crippen LogP contribution in [0.2, 0.25) is 0 Å². The van der Waals surface area contributed by atoms with Gasteiger partial charge in [-0.2, -0.15) is 0 Å². The van der Waals surface area contributed by atoms with Gasteiger partial charge in [-0.05, 0) is 36.4 Å². The minimum Gasteiger partial charge on any atom is -0.309 e. The number of pyridine rings is 1. The third kappa shape index (κ3) is 1.52. The molecule has 3 nitrogen and oxygen atoms in total. The molecule has 0 N–H and O–H groups in total. The number of hydrogen-bond acceptors (Lipinski definition) is 1. The van der Waals surface area contributed by atoms with Crippen LogP contribution in [-0.4, -0.2) is 14.1 Å². The van der Waals surface area contributed by atoms with Crippen molar-refractivity contribution in [2.45, 2.75) is 0 Å². The van der Waals surface area contributed by atoms with E-state index < -0.39 is 0 Å². The molecule has 0 aliphatic rings. The van der Waals surface area contributed by atoms with Gasteiger partial charge in [-0.3, -0.25) is 0 Å². The van der Waals surface area contributed by atoms with Gasteiger partial charge in [-0.15, -0.1) is 0 Å². The minimum absolute atomic E-state index is 0.927. The topological polar surface area (TPSA) is 22.8 Å². The Bertz CT molecular complexity index is 516. The molecule has 0 saturated heterocycles. The van der Waals surface area contributed by atoms with Crippen LogP contribution in [0.4, 0.5) is 0 Å². The Labute approximate surface area is 93.6 Å². The molecule has 0 radical (unpaired) electrons. The third-order valence-corrected chi connectivity index (χ3v) is 2.46. The highest BCUT2D eigenvalue weighted by Crippen LogP contribution is 2.09. The molecule has 3 aromatic rings. The highest BCUT2D eigenvalue weighted by Gasteiger charge is 1.99. The molecule has 0 saturated carbocycles. The normalized spacial score (nSPS) is 10.5. The summed E-state index contributed by atoms with van der Waals surface area (Å²) >= 11 is 0. The van der Waals surface area contributed by atoms with E-state index in [0.29, 0.717) is 0 Å². The quantitative estimate of drug-likeness (QED) is 0.636. The fraction of sp³-hybridized carbons (Fsp3) is 0. The summed E-state index contributed by atoms with van der Waals surface area (Å²) in [5.74, 6) is 1.85. The fourth-order valence-corrected chi connectivity index (χ4v) is 1.67. The van der Waals surface area contributed by atoms with Crippen molar-refractivity contribution in [2.75, 3.05) is 0 Å². The van der Waals surface area contributed by atoms with Crippen LogP contribution < -0.4 is 0 Å². The molecular formula is C13H11N3. The fourth-order valence-electron chi connectivity index (χ4n) is 1.67. The maximum atomic E-state index is 4.58. The van der Waals surface area contributed by atoms with Crippen LogP contribution in [-0.2, 0) is 0 Å². The molecule has 0 fully saturated rings. The second kappa shape index (κ2) is 3.70. The van der Waals surface area contributed by atoms with Crippen LogP contribution in [0.5, 0.6) is 0 Å². The van der Waals surface area contributed by atoms with E-state index in [1.165, 1.54) is 0 Å². The van der Waals surface area contributed by atoms with Crippen LogP contribution in [0, 0.1) is 0 Å². The zero-order valence-electron chi connectivity index (χ0n) is 8.69. The first-order valence-electron chi connectivity index (χ1n) is 5.17. The second-order valence-electron chi connectivity index (χ2n) is 3.53. The Kier molecular flexibility index (Phi) is 2.07. The molecule has 16 heavy (non-hydrogen) atoms. The molecule has 3 rings (SSSR count). The summed E-state index contributed by atoms with van der Waals surface area (Å²) in [6.07, 6.45) is 7.95. The van der Waals surface area contributed by atoms with Crippen molar-refractivity contribution < 1.29 is 0 Å². The maximum Gasteiger partial charge on any atom is 0.139 e. The van der Waals surface area contributed by atoms with Crippen LogP contribution in [0.25, 0.3) is 11.6 Å². The standard InChI is InChI=1S/C13H11N3/c1-2-9-15(8-1)12-6-5-7-13(14-12)16-10-3-4-11-16/h1-11H. The molecule has 0 aliphatic carbocycles. The van der Waals surface area contributed by atoms with Gasteiger partial charge in [0, 0.05) is 24.8 Å². The summed E-state index contributed by atoms with van der Waals surface area (Å²) in [5.41, 5.74) is 0. The zero-order valence-corrected chi connectivity index (χ0v) is 8.69. The van der Waals surface area contributed by atoms with E-state index in [2.05, 4.69) is 4.98 Å². The number of nitrogens with zero attached hydrogens (tertiary/aromatic N) is 3. The van der Waals surface area contributed by atoms with Crippen molar-refractivity contribution in [2.24, 2.45) is 0 Å². The lowest BCUT2D eigenvalue weighted by molar-refractivity contribution is 0.946. The van der Waals surface area contributed by atoms with Gasteiger partial charge in [0.2, 0.25) is 0 Å². The second-order valence-corrected chi connectivity index (χ2v) is 3.53. The van der Waals surface area contributed by atoms with Gasteiger partial charge in [-0.1, -0.05) is 6.07 Å². The van der Waals surface area contributed by atoms with Crippen LogP contribution >= 0.6 is 0 Å². The molecule has 0 bridgehead atoms. The summed E-state index contributed by atoms with van der Waals surface area (Å²) in [7, 11) is 0. The summed E-state index contributed by atoms with van der Waals surface area (Å²) in [4.78, 5) is 4.58. The summed E-state index contributed by atoms with van der Waals surface area (Å²) < 4.78 is 3.99. The van der Waals surface area contributed by atoms with E-state index >= 15 is 0 Å². The predicted molar refractivity (Wildman–Crippen MR) is 62.9 cm³/mol. The molecule has 0 atom stereocenters. The van der Waals surface area contributed by atoms with Gasteiger partial charge >= 0.3 is 0 Å². The number of aromatic nitrogens is 3. The largest absolute Gasteiger partial charge is 0.309 e. The van der Waals surface area contributed by atoms with Crippen molar-refractivity contribution in [3.63, 3.8) is 0 Å². The highest BCUT2D eigenvalue weighted by atomic mass is 15.1. The van der Waals surface area contributed by atoms with Crippen molar-refractivity contribution in [1.82, 2.24) is 14.1 Å². The van der Waals surface area contributed by atoms with Crippen molar-refractivity contribution in [1.29, 1.82) is 0 Å². The number of rotatable bonds is 2. The molecule has 0 aromatic carbocycles. The van der Waals surface area contributed by atoms with Gasteiger partial charge in [0.1, 0.15) is 11.6 Å². The first-order valence-corrected chi connectivity index (χ1v) is 5.17. The average molecular weight is 209 g/mol. The molecule has 3 aromatic heterocycles. The highest BCUT2D eigenvalue weighted by molar-refractivity contribution is 5.32. The monoisotopic (exact) mass is 209 g/mol. The van der Waals surface area contributed by atoms with Gasteiger partial charge in [0.25, 0.3) is 0 Å². The lowest BCUT2D eigenvalue weighted by Crippen LogP contribution is -1.99. The molecule has 0 aliphatic heterocycles. The summed E-state index contributed by atoms with van der Waals surface area (Å²) in [6, 6.07) is 14.0. The van der Waals surface area contributed by atoms with Crippen molar-refractivity contribution >= 4 is 0 Å². The Morgan fingerprint density at radius 3 is 1.50 bits per heavy atom. The average Bonchev–Trinajstić information content (AvgIpc) is 3.03. The Balaban J connectivity index is 2.07. The van der Waals surface area contributed by atoms with Crippen molar-refractivity contribution in [3.8, 4) is 11.6 Å². The van der Waals surface area contributed by atoms with E-state index in [4.69, 9.17) is 0 Å². The van der Waals surface area contributed by atoms with Crippen molar-refractivity contribution in [3.05, 3.63) is 67.3 Å². The van der Waals surface area contributed by atoms with E-state index in [9.17, 15) is 0 Å². The molecule has 0 spiro atoms. The zero-order chi connectivity index (χ0) is 10.8. The van der Waals surface area contributed by atoms with E-state index in [1.807, 2.05) is 76.4 Å².